The summed E-state index contributed by atoms with van der Waals surface area (Å²) in [5, 5.41) is 3.34. The maximum absolute atomic E-state index is 15.0. The Bertz CT molecular complexity index is 2000. The fourth-order valence-corrected chi connectivity index (χ4v) is 4.11. The van der Waals surface area contributed by atoms with Gasteiger partial charge in [0.2, 0.25) is 0 Å². The summed E-state index contributed by atoms with van der Waals surface area (Å²) < 4.78 is 33.7. The first-order chi connectivity index (χ1) is 21.0. The maximum Gasteiger partial charge on any atom is 0.335 e. The highest BCUT2D eigenvalue weighted by Crippen LogP contribution is 2.17. The molecular weight excluding hydrogens is 567 g/mol. The van der Waals surface area contributed by atoms with Crippen molar-refractivity contribution in [2.24, 2.45) is 0 Å². The van der Waals surface area contributed by atoms with Crippen LogP contribution in [0.4, 0.5) is 4.39 Å². The van der Waals surface area contributed by atoms with Gasteiger partial charge in [-0.1, -0.05) is 30.5 Å². The number of amides is 1. The maximum atomic E-state index is 15.0. The Kier molecular flexibility index (Phi) is 9.62. The third-order valence-corrected chi connectivity index (χ3v) is 6.58. The molecule has 0 atom stereocenters. The number of nitrogens with one attached hydrogen (secondary N) is 1. The van der Waals surface area contributed by atoms with Gasteiger partial charge in [-0.15, -0.1) is 0 Å². The largest absolute Gasteiger partial charge is 0.498 e. The lowest BCUT2D eigenvalue weighted by molar-refractivity contribution is 0.0964. The van der Waals surface area contributed by atoms with Crippen molar-refractivity contribution in [1.82, 2.24) is 19.4 Å². The van der Waals surface area contributed by atoms with E-state index in [4.69, 9.17) is 14.2 Å². The van der Waals surface area contributed by atoms with Crippen molar-refractivity contribution in [3.8, 4) is 11.4 Å². The van der Waals surface area contributed by atoms with E-state index in [9.17, 15) is 14.4 Å². The summed E-state index contributed by atoms with van der Waals surface area (Å²) >= 11 is 0. The molecule has 2 heterocycles. The summed E-state index contributed by atoms with van der Waals surface area (Å²) in [5.74, 6) is -0.590. The fourth-order valence-electron chi connectivity index (χ4n) is 4.11. The number of halogens is 1. The molecule has 4 rings (SSSR count). The van der Waals surface area contributed by atoms with Crippen LogP contribution >= 0.6 is 0 Å². The highest BCUT2D eigenvalue weighted by molar-refractivity contribution is 5.95. The molecule has 1 N–H and O–H groups in total. The number of carbonyl (C=O) groups excluding carboxylic acids is 1. The van der Waals surface area contributed by atoms with Crippen LogP contribution in [-0.4, -0.2) is 34.2 Å². The summed E-state index contributed by atoms with van der Waals surface area (Å²) in [6, 6.07) is 9.48. The molecule has 3 aromatic rings. The van der Waals surface area contributed by atoms with Crippen LogP contribution in [0.3, 0.4) is 0 Å². The Morgan fingerprint density at radius 1 is 1.11 bits per heavy atom. The van der Waals surface area contributed by atoms with Crippen molar-refractivity contribution in [2.45, 2.75) is 26.8 Å². The lowest BCUT2D eigenvalue weighted by Crippen LogP contribution is -2.43. The lowest BCUT2D eigenvalue weighted by atomic mass is 10.2. The van der Waals surface area contributed by atoms with Gasteiger partial charge in [0.1, 0.15) is 17.1 Å². The van der Waals surface area contributed by atoms with E-state index in [0.717, 1.165) is 10.6 Å². The van der Waals surface area contributed by atoms with Crippen LogP contribution < -0.4 is 31.9 Å². The summed E-state index contributed by atoms with van der Waals surface area (Å²) in [6.45, 7) is 9.25. The summed E-state index contributed by atoms with van der Waals surface area (Å²) in [4.78, 5) is 44.0. The molecule has 1 amide bonds. The highest BCUT2D eigenvalue weighted by atomic mass is 19.1. The molecule has 0 fully saturated rings. The molecule has 10 nitrogen and oxygen atoms in total. The minimum absolute atomic E-state index is 0.0558. The van der Waals surface area contributed by atoms with Crippen LogP contribution in [0.2, 0.25) is 0 Å². The van der Waals surface area contributed by atoms with E-state index >= 15 is 4.39 Å². The first kappa shape index (κ1) is 31.3. The molecule has 0 bridgehead atoms. The second-order valence-corrected chi connectivity index (χ2v) is 9.75. The number of methoxy groups -OCH3 is 2. The van der Waals surface area contributed by atoms with Gasteiger partial charge in [-0.25, -0.2) is 13.8 Å². The molecule has 1 aliphatic rings. The van der Waals surface area contributed by atoms with E-state index < -0.39 is 23.0 Å². The van der Waals surface area contributed by atoms with Gasteiger partial charge in [0.15, 0.2) is 17.3 Å². The number of ether oxygens (including phenoxy) is 3. The van der Waals surface area contributed by atoms with Crippen LogP contribution in [-0.2, 0) is 9.47 Å². The number of aromatic nitrogens is 3. The minimum atomic E-state index is -0.804. The first-order valence-corrected chi connectivity index (χ1v) is 13.5. The number of hydrogen-bond acceptors (Lipinski definition) is 7. The van der Waals surface area contributed by atoms with Crippen molar-refractivity contribution in [2.75, 3.05) is 14.2 Å². The number of pyridine rings is 1. The number of carbonyl (C=O) groups is 1. The highest BCUT2D eigenvalue weighted by Gasteiger charge is 2.20. The molecule has 1 aliphatic carbocycles. The van der Waals surface area contributed by atoms with E-state index in [1.807, 2.05) is 0 Å². The number of rotatable bonds is 9. The second kappa shape index (κ2) is 13.5. The molecule has 44 heavy (non-hydrogen) atoms. The SMILES string of the molecule is C=c1c(OC2=C(F)C=C=C(NC(=O)c3cn(C(C)C)c(=O)n(-c4ccccc4)c3=O)C=C2)ccn/c1=C/C(OC)=C(\C)OC. The van der Waals surface area contributed by atoms with Crippen molar-refractivity contribution in [1.29, 1.82) is 0 Å². The van der Waals surface area contributed by atoms with Gasteiger partial charge < -0.3 is 19.5 Å². The Morgan fingerprint density at radius 2 is 1.84 bits per heavy atom. The lowest BCUT2D eigenvalue weighted by Gasteiger charge is -2.15. The van der Waals surface area contributed by atoms with Gasteiger partial charge in [-0.05, 0) is 51.1 Å². The van der Waals surface area contributed by atoms with Gasteiger partial charge in [0.25, 0.3) is 11.5 Å². The predicted octanol–water partition coefficient (Wildman–Crippen LogP) is 3.29. The molecule has 0 saturated heterocycles. The smallest absolute Gasteiger partial charge is 0.335 e. The second-order valence-electron chi connectivity index (χ2n) is 9.75. The molecule has 2 aromatic heterocycles. The van der Waals surface area contributed by atoms with Crippen LogP contribution in [0.1, 0.15) is 37.2 Å². The molecular formula is C33H31FN4O6. The number of nitrogens with zero attached hydrogens (tertiary/aromatic N) is 3. The molecule has 226 valence electrons. The first-order valence-electron chi connectivity index (χ1n) is 13.5. The van der Waals surface area contributed by atoms with Crippen LogP contribution in [0.25, 0.3) is 18.3 Å². The molecule has 0 radical (unpaired) electrons. The van der Waals surface area contributed by atoms with E-state index in [0.29, 0.717) is 27.8 Å². The number of para-hydroxylation sites is 1. The quantitative estimate of drug-likeness (QED) is 0.297. The Balaban J connectivity index is 1.62. The summed E-state index contributed by atoms with van der Waals surface area (Å²) in [7, 11) is 3.00. The molecule has 1 aromatic carbocycles. The standard InChI is InChI=1S/C33H31FN4O6/c1-20(2)37-19-25(32(40)38(33(37)41)24-10-8-7-9-11-24)31(39)36-23-12-14-26(34)29(15-13-23)44-28-16-17-35-27(21(28)3)18-30(43-6)22(4)42-5/h7-11,13-20H,3H2,1-2,4-6H3,(H,36,39)/b27-18+,30-22-. The van der Waals surface area contributed by atoms with Gasteiger partial charge in [-0.2, -0.15) is 0 Å². The van der Waals surface area contributed by atoms with E-state index in [1.165, 1.54) is 49.4 Å². The van der Waals surface area contributed by atoms with Crippen molar-refractivity contribution in [3.05, 3.63) is 139 Å². The predicted molar refractivity (Wildman–Crippen MR) is 164 cm³/mol. The summed E-state index contributed by atoms with van der Waals surface area (Å²) in [5.41, 5.74) is 1.36. The topological polar surface area (TPSA) is 114 Å². The monoisotopic (exact) mass is 598 g/mol. The third kappa shape index (κ3) is 6.69. The number of benzene rings is 1. The van der Waals surface area contributed by atoms with Gasteiger partial charge in [0.05, 0.1) is 31.0 Å². The number of allylic oxidation sites excluding steroid dienone is 5. The van der Waals surface area contributed by atoms with E-state index in [1.54, 1.807) is 57.2 Å². The van der Waals surface area contributed by atoms with E-state index in [-0.39, 0.29) is 28.8 Å². The van der Waals surface area contributed by atoms with Gasteiger partial charge >= 0.3 is 5.69 Å². The van der Waals surface area contributed by atoms with Crippen LogP contribution in [0.15, 0.2) is 111 Å². The normalized spacial score (nSPS) is 13.8. The fraction of sp³-hybridized carbons (Fsp3) is 0.182. The minimum Gasteiger partial charge on any atom is -0.498 e. The molecule has 11 heteroatoms. The molecule has 0 aliphatic heterocycles. The van der Waals surface area contributed by atoms with Crippen LogP contribution in [0, 0.1) is 0 Å². The average Bonchev–Trinajstić information content (AvgIpc) is 3.18. The van der Waals surface area contributed by atoms with Crippen molar-refractivity contribution in [3.63, 3.8) is 0 Å². The Labute approximate surface area is 252 Å². The molecule has 0 spiro atoms. The van der Waals surface area contributed by atoms with Crippen molar-refractivity contribution < 1.29 is 23.4 Å². The number of hydrogen-bond donors (Lipinski definition) is 1. The Hall–Kier alpha value is -5.67. The van der Waals surface area contributed by atoms with Crippen LogP contribution in [0.5, 0.6) is 5.75 Å². The molecule has 0 saturated carbocycles. The summed E-state index contributed by atoms with van der Waals surface area (Å²) in [6.07, 6.45) is 7.97. The zero-order chi connectivity index (χ0) is 32.0. The van der Waals surface area contributed by atoms with Crippen molar-refractivity contribution >= 4 is 18.6 Å². The Morgan fingerprint density at radius 3 is 2.50 bits per heavy atom. The average molecular weight is 599 g/mol. The zero-order valence-corrected chi connectivity index (χ0v) is 24.9. The zero-order valence-electron chi connectivity index (χ0n) is 24.9. The van der Waals surface area contributed by atoms with Gasteiger partial charge in [0, 0.05) is 35.8 Å². The van der Waals surface area contributed by atoms with E-state index in [2.05, 4.69) is 22.6 Å². The van der Waals surface area contributed by atoms with Gasteiger partial charge in [-0.3, -0.25) is 19.1 Å². The molecule has 0 unspecified atom stereocenters. The third-order valence-electron chi connectivity index (χ3n) is 6.58.